The molecule has 0 saturated heterocycles. The summed E-state index contributed by atoms with van der Waals surface area (Å²) < 4.78 is 0. The van der Waals surface area contributed by atoms with E-state index < -0.39 is 0 Å². The number of rotatable bonds is 3. The van der Waals surface area contributed by atoms with Gasteiger partial charge in [0.05, 0.1) is 11.8 Å². The highest BCUT2D eigenvalue weighted by Gasteiger charge is 2.01. The molecular weight excluding hydrogens is 188 g/mol. The van der Waals surface area contributed by atoms with Gasteiger partial charge in [-0.2, -0.15) is 5.26 Å². The maximum Gasteiger partial charge on any atom is 0.129 e. The fourth-order valence-corrected chi connectivity index (χ4v) is 1.33. The topological polar surface area (TPSA) is 65.4 Å². The number of nitrogens with zero attached hydrogens (tertiary/aromatic N) is 3. The van der Waals surface area contributed by atoms with Crippen LogP contribution in [0.25, 0.3) is 11.3 Å². The molecule has 74 valence electrons. The summed E-state index contributed by atoms with van der Waals surface area (Å²) in [4.78, 5) is 11.5. The number of hydrogen-bond acceptors (Lipinski definition) is 3. The summed E-state index contributed by atoms with van der Waals surface area (Å²) in [5.41, 5.74) is 1.93. The predicted molar refractivity (Wildman–Crippen MR) is 55.8 cm³/mol. The first kappa shape index (κ1) is 9.41. The Kier molecular flexibility index (Phi) is 2.75. The number of hydrogen-bond donors (Lipinski definition) is 1. The van der Waals surface area contributed by atoms with E-state index in [1.165, 1.54) is 0 Å². The second kappa shape index (κ2) is 4.38. The third-order valence-corrected chi connectivity index (χ3v) is 2.06. The van der Waals surface area contributed by atoms with Crippen molar-refractivity contribution in [2.45, 2.75) is 12.8 Å². The van der Waals surface area contributed by atoms with E-state index in [9.17, 15) is 0 Å². The number of H-pyrrole nitrogens is 1. The molecule has 0 radical (unpaired) electrons. The van der Waals surface area contributed by atoms with Crippen LogP contribution in [0.5, 0.6) is 0 Å². The lowest BCUT2D eigenvalue weighted by atomic mass is 10.2. The molecule has 1 N–H and O–H groups in total. The van der Waals surface area contributed by atoms with Crippen LogP contribution in [0.4, 0.5) is 0 Å². The maximum absolute atomic E-state index is 8.47. The minimum atomic E-state index is 0.455. The highest BCUT2D eigenvalue weighted by atomic mass is 14.9. The maximum atomic E-state index is 8.47. The number of nitrogens with one attached hydrogen (secondary N) is 1. The van der Waals surface area contributed by atoms with Crippen molar-refractivity contribution in [1.29, 1.82) is 5.26 Å². The molecule has 0 aliphatic rings. The van der Waals surface area contributed by atoms with Crippen LogP contribution in [0.1, 0.15) is 12.2 Å². The minimum absolute atomic E-state index is 0.455. The van der Waals surface area contributed by atoms with Gasteiger partial charge in [-0.3, -0.25) is 0 Å². The SMILES string of the molecule is N#CCCc1nccc(-c2cc[nH]c2)n1. The molecule has 0 aliphatic heterocycles. The second-order valence-corrected chi connectivity index (χ2v) is 3.12. The van der Waals surface area contributed by atoms with Crippen molar-refractivity contribution in [3.05, 3.63) is 36.5 Å². The van der Waals surface area contributed by atoms with E-state index in [0.29, 0.717) is 12.8 Å². The normalized spacial score (nSPS) is 9.80. The number of aryl methyl sites for hydroxylation is 1. The lowest BCUT2D eigenvalue weighted by Crippen LogP contribution is -1.95. The van der Waals surface area contributed by atoms with Gasteiger partial charge in [0.1, 0.15) is 5.82 Å². The molecule has 15 heavy (non-hydrogen) atoms. The van der Waals surface area contributed by atoms with Gasteiger partial charge in [0, 0.05) is 37.0 Å². The van der Waals surface area contributed by atoms with Gasteiger partial charge in [0.15, 0.2) is 0 Å². The van der Waals surface area contributed by atoms with Crippen molar-refractivity contribution < 1.29 is 0 Å². The summed E-state index contributed by atoms with van der Waals surface area (Å²) >= 11 is 0. The zero-order valence-electron chi connectivity index (χ0n) is 8.14. The van der Waals surface area contributed by atoms with E-state index >= 15 is 0 Å². The van der Waals surface area contributed by atoms with E-state index in [1.807, 2.05) is 24.5 Å². The standard InChI is InChI=1S/C11H10N4/c12-5-1-2-11-14-7-4-10(15-11)9-3-6-13-8-9/h3-4,6-8,13H,1-2H2. The highest BCUT2D eigenvalue weighted by molar-refractivity contribution is 5.57. The van der Waals surface area contributed by atoms with Crippen molar-refractivity contribution in [2.75, 3.05) is 0 Å². The summed E-state index contributed by atoms with van der Waals surface area (Å²) in [5, 5.41) is 8.47. The Morgan fingerprint density at radius 3 is 3.07 bits per heavy atom. The third kappa shape index (κ3) is 2.20. The molecule has 0 fully saturated rings. The van der Waals surface area contributed by atoms with Crippen molar-refractivity contribution in [3.63, 3.8) is 0 Å². The zero-order valence-corrected chi connectivity index (χ0v) is 8.14. The van der Waals surface area contributed by atoms with Gasteiger partial charge < -0.3 is 4.98 Å². The predicted octanol–water partition coefficient (Wildman–Crippen LogP) is 1.93. The minimum Gasteiger partial charge on any atom is -0.367 e. The number of aromatic nitrogens is 3. The van der Waals surface area contributed by atoms with Crippen LogP contribution < -0.4 is 0 Å². The van der Waals surface area contributed by atoms with Crippen LogP contribution >= 0.6 is 0 Å². The van der Waals surface area contributed by atoms with Crippen LogP contribution in [-0.4, -0.2) is 15.0 Å². The van der Waals surface area contributed by atoms with Gasteiger partial charge in [0.25, 0.3) is 0 Å². The Hall–Kier alpha value is -2.15. The van der Waals surface area contributed by atoms with E-state index in [2.05, 4.69) is 21.0 Å². The summed E-state index contributed by atoms with van der Waals surface area (Å²) in [5.74, 6) is 0.718. The fraction of sp³-hybridized carbons (Fsp3) is 0.182. The van der Waals surface area contributed by atoms with Gasteiger partial charge in [-0.15, -0.1) is 0 Å². The van der Waals surface area contributed by atoms with E-state index in [1.54, 1.807) is 6.20 Å². The molecule has 2 aromatic rings. The van der Waals surface area contributed by atoms with Crippen molar-refractivity contribution in [3.8, 4) is 17.3 Å². The van der Waals surface area contributed by atoms with Crippen LogP contribution in [0.3, 0.4) is 0 Å². The highest BCUT2D eigenvalue weighted by Crippen LogP contribution is 2.15. The van der Waals surface area contributed by atoms with Crippen LogP contribution in [0, 0.1) is 11.3 Å². The molecule has 0 bridgehead atoms. The molecule has 2 aromatic heterocycles. The number of nitriles is 1. The van der Waals surface area contributed by atoms with E-state index in [4.69, 9.17) is 5.26 Å². The summed E-state index contributed by atoms with van der Waals surface area (Å²) in [6, 6.07) is 5.90. The quantitative estimate of drug-likeness (QED) is 0.819. The first-order valence-corrected chi connectivity index (χ1v) is 4.72. The molecular formula is C11H10N4. The van der Waals surface area contributed by atoms with Crippen molar-refractivity contribution in [1.82, 2.24) is 15.0 Å². The van der Waals surface area contributed by atoms with Crippen LogP contribution in [0.2, 0.25) is 0 Å². The van der Waals surface area contributed by atoms with Crippen molar-refractivity contribution in [2.24, 2.45) is 0 Å². The molecule has 4 nitrogen and oxygen atoms in total. The molecule has 0 saturated carbocycles. The Morgan fingerprint density at radius 1 is 1.40 bits per heavy atom. The molecule has 2 rings (SSSR count). The molecule has 0 unspecified atom stereocenters. The van der Waals surface area contributed by atoms with Gasteiger partial charge in [0.2, 0.25) is 0 Å². The van der Waals surface area contributed by atoms with E-state index in [-0.39, 0.29) is 0 Å². The average Bonchev–Trinajstić information content (AvgIpc) is 2.80. The zero-order chi connectivity index (χ0) is 10.5. The Bertz CT molecular complexity index is 468. The molecule has 0 atom stereocenters. The Labute approximate surface area is 87.6 Å². The summed E-state index contributed by atoms with van der Waals surface area (Å²) in [7, 11) is 0. The second-order valence-electron chi connectivity index (χ2n) is 3.12. The first-order chi connectivity index (χ1) is 7.40. The molecule has 0 spiro atoms. The van der Waals surface area contributed by atoms with Gasteiger partial charge in [-0.25, -0.2) is 9.97 Å². The Balaban J connectivity index is 2.24. The van der Waals surface area contributed by atoms with Gasteiger partial charge in [-0.05, 0) is 12.1 Å². The molecule has 0 aliphatic carbocycles. The van der Waals surface area contributed by atoms with Crippen LogP contribution in [0.15, 0.2) is 30.7 Å². The lowest BCUT2D eigenvalue weighted by molar-refractivity contribution is 0.887. The molecule has 0 aromatic carbocycles. The average molecular weight is 198 g/mol. The Morgan fingerprint density at radius 2 is 2.33 bits per heavy atom. The molecule has 2 heterocycles. The lowest BCUT2D eigenvalue weighted by Gasteiger charge is -1.99. The monoisotopic (exact) mass is 198 g/mol. The van der Waals surface area contributed by atoms with Crippen molar-refractivity contribution >= 4 is 0 Å². The summed E-state index contributed by atoms with van der Waals surface area (Å²) in [6.07, 6.45) is 6.52. The smallest absolute Gasteiger partial charge is 0.129 e. The van der Waals surface area contributed by atoms with Crippen LogP contribution in [-0.2, 0) is 6.42 Å². The molecule has 4 heteroatoms. The third-order valence-electron chi connectivity index (χ3n) is 2.06. The van der Waals surface area contributed by atoms with Gasteiger partial charge >= 0.3 is 0 Å². The fourth-order valence-electron chi connectivity index (χ4n) is 1.33. The van der Waals surface area contributed by atoms with Gasteiger partial charge in [-0.1, -0.05) is 0 Å². The van der Waals surface area contributed by atoms with E-state index in [0.717, 1.165) is 17.1 Å². The first-order valence-electron chi connectivity index (χ1n) is 4.72. The number of aromatic amines is 1. The largest absolute Gasteiger partial charge is 0.367 e. The molecule has 0 amide bonds. The summed E-state index contributed by atoms with van der Waals surface area (Å²) in [6.45, 7) is 0.